The molecule has 3 heterocycles. The van der Waals surface area contributed by atoms with Gasteiger partial charge in [0.25, 0.3) is 0 Å². The van der Waals surface area contributed by atoms with Gasteiger partial charge in [-0.25, -0.2) is 9.97 Å². The van der Waals surface area contributed by atoms with Gasteiger partial charge in [-0.2, -0.15) is 0 Å². The van der Waals surface area contributed by atoms with Crippen molar-refractivity contribution in [3.8, 4) is 0 Å². The highest BCUT2D eigenvalue weighted by atomic mass is 35.5. The van der Waals surface area contributed by atoms with Gasteiger partial charge in [-0.05, 0) is 17.7 Å². The lowest BCUT2D eigenvalue weighted by Gasteiger charge is -2.32. The van der Waals surface area contributed by atoms with Crippen LogP contribution in [0.1, 0.15) is 11.1 Å². The molecule has 0 aromatic carbocycles. The van der Waals surface area contributed by atoms with E-state index < -0.39 is 0 Å². The zero-order valence-corrected chi connectivity index (χ0v) is 15.0. The normalized spacial score (nSPS) is 18.1. The molecule has 1 aliphatic rings. The zero-order chi connectivity index (χ0) is 17.6. The van der Waals surface area contributed by atoms with Crippen molar-refractivity contribution in [1.82, 2.24) is 20.2 Å². The van der Waals surface area contributed by atoms with Crippen molar-refractivity contribution in [1.29, 1.82) is 0 Å². The summed E-state index contributed by atoms with van der Waals surface area (Å²) in [4.78, 5) is 22.5. The van der Waals surface area contributed by atoms with Crippen LogP contribution in [0, 0.1) is 0 Å². The Kier molecular flexibility index (Phi) is 6.20. The summed E-state index contributed by atoms with van der Waals surface area (Å²) in [5.41, 5.74) is 1.86. The molecule has 1 saturated heterocycles. The number of pyridine rings is 2. The fourth-order valence-corrected chi connectivity index (χ4v) is 2.84. The summed E-state index contributed by atoms with van der Waals surface area (Å²) in [6, 6.07) is 6.82. The minimum absolute atomic E-state index is 0.183. The molecule has 1 aliphatic heterocycles. The van der Waals surface area contributed by atoms with Crippen LogP contribution in [0.4, 0.5) is 0 Å². The molecule has 0 bridgehead atoms. The van der Waals surface area contributed by atoms with Crippen LogP contribution in [-0.2, 0) is 22.7 Å². The van der Waals surface area contributed by atoms with Crippen molar-refractivity contribution in [3.05, 3.63) is 58.1 Å². The molecule has 1 atom stereocenters. The van der Waals surface area contributed by atoms with Crippen molar-refractivity contribution < 1.29 is 9.53 Å². The van der Waals surface area contributed by atoms with Gasteiger partial charge in [0.1, 0.15) is 23.0 Å². The van der Waals surface area contributed by atoms with Gasteiger partial charge in [-0.3, -0.25) is 9.69 Å². The van der Waals surface area contributed by atoms with E-state index in [2.05, 4.69) is 20.2 Å². The lowest BCUT2D eigenvalue weighted by Crippen LogP contribution is -2.54. The molecule has 8 heteroatoms. The number of aromatic nitrogens is 2. The van der Waals surface area contributed by atoms with Crippen LogP contribution in [0.3, 0.4) is 0 Å². The van der Waals surface area contributed by atoms with Crippen LogP contribution in [0.25, 0.3) is 0 Å². The van der Waals surface area contributed by atoms with E-state index >= 15 is 0 Å². The smallest absolute Gasteiger partial charge is 0.324 e. The zero-order valence-electron chi connectivity index (χ0n) is 13.5. The lowest BCUT2D eigenvalue weighted by molar-refractivity contribution is -0.148. The molecule has 0 amide bonds. The van der Waals surface area contributed by atoms with E-state index in [0.29, 0.717) is 16.9 Å². The maximum atomic E-state index is 12.3. The number of nitrogens with zero attached hydrogens (tertiary/aromatic N) is 3. The van der Waals surface area contributed by atoms with Crippen LogP contribution >= 0.6 is 23.2 Å². The summed E-state index contributed by atoms with van der Waals surface area (Å²) >= 11 is 11.5. The van der Waals surface area contributed by atoms with Gasteiger partial charge in [0.05, 0.1) is 0 Å². The number of rotatable bonds is 5. The quantitative estimate of drug-likeness (QED) is 0.633. The highest BCUT2D eigenvalue weighted by Gasteiger charge is 2.26. The average molecular weight is 381 g/mol. The van der Waals surface area contributed by atoms with Crippen LogP contribution in [-0.4, -0.2) is 46.5 Å². The summed E-state index contributed by atoms with van der Waals surface area (Å²) in [6.45, 7) is 3.07. The summed E-state index contributed by atoms with van der Waals surface area (Å²) in [5.74, 6) is -0.270. The molecular weight excluding hydrogens is 363 g/mol. The first-order valence-electron chi connectivity index (χ1n) is 7.93. The van der Waals surface area contributed by atoms with E-state index in [9.17, 15) is 4.79 Å². The summed E-state index contributed by atoms with van der Waals surface area (Å²) < 4.78 is 5.38. The Hall–Kier alpha value is -1.73. The Morgan fingerprint density at radius 2 is 1.84 bits per heavy atom. The van der Waals surface area contributed by atoms with E-state index in [4.69, 9.17) is 27.9 Å². The number of carbonyl (C=O) groups is 1. The standard InChI is InChI=1S/C17H18Cl2N4O2/c18-15-3-1-12(7-21-15)9-23-6-5-20-14(10-23)17(24)25-11-13-2-4-16(19)22-8-13/h1-4,7-8,14,20H,5-6,9-11H2/t14-/m0/s1. The predicted octanol–water partition coefficient (Wildman–Crippen LogP) is 2.30. The molecule has 0 unspecified atom stereocenters. The molecule has 2 aromatic heterocycles. The molecule has 1 fully saturated rings. The summed E-state index contributed by atoms with van der Waals surface area (Å²) in [5, 5.41) is 4.09. The Morgan fingerprint density at radius 1 is 1.16 bits per heavy atom. The average Bonchev–Trinajstić information content (AvgIpc) is 2.63. The number of nitrogens with one attached hydrogen (secondary N) is 1. The predicted molar refractivity (Wildman–Crippen MR) is 95.4 cm³/mol. The van der Waals surface area contributed by atoms with Crippen molar-refractivity contribution in [3.63, 3.8) is 0 Å². The highest BCUT2D eigenvalue weighted by molar-refractivity contribution is 6.29. The number of piperazine rings is 1. The van der Waals surface area contributed by atoms with E-state index in [1.165, 1.54) is 0 Å². The third kappa shape index (κ3) is 5.37. The number of hydrogen-bond donors (Lipinski definition) is 1. The van der Waals surface area contributed by atoms with Crippen LogP contribution in [0.2, 0.25) is 10.3 Å². The van der Waals surface area contributed by atoms with Crippen molar-refractivity contribution in [2.45, 2.75) is 19.2 Å². The van der Waals surface area contributed by atoms with Gasteiger partial charge < -0.3 is 10.1 Å². The first-order chi connectivity index (χ1) is 12.1. The van der Waals surface area contributed by atoms with Gasteiger partial charge in [-0.1, -0.05) is 35.3 Å². The maximum absolute atomic E-state index is 12.3. The van der Waals surface area contributed by atoms with Crippen molar-refractivity contribution in [2.24, 2.45) is 0 Å². The number of carbonyl (C=O) groups excluding carboxylic acids is 1. The van der Waals surface area contributed by atoms with E-state index in [0.717, 1.165) is 30.8 Å². The molecular formula is C17H18Cl2N4O2. The molecule has 6 nitrogen and oxygen atoms in total. The molecule has 132 valence electrons. The molecule has 0 radical (unpaired) electrons. The summed E-state index contributed by atoms with van der Waals surface area (Å²) in [6.07, 6.45) is 3.36. The monoisotopic (exact) mass is 380 g/mol. The minimum atomic E-state index is -0.353. The molecule has 1 N–H and O–H groups in total. The van der Waals surface area contributed by atoms with Gasteiger partial charge in [-0.15, -0.1) is 0 Å². The largest absolute Gasteiger partial charge is 0.460 e. The molecule has 2 aromatic rings. The third-order valence-corrected chi connectivity index (χ3v) is 4.36. The van der Waals surface area contributed by atoms with Crippen LogP contribution < -0.4 is 5.32 Å². The first-order valence-corrected chi connectivity index (χ1v) is 8.69. The van der Waals surface area contributed by atoms with Crippen molar-refractivity contribution >= 4 is 29.2 Å². The Balaban J connectivity index is 1.50. The second-order valence-electron chi connectivity index (χ2n) is 5.83. The fourth-order valence-electron chi connectivity index (χ4n) is 2.62. The molecule has 3 rings (SSSR count). The van der Waals surface area contributed by atoms with E-state index in [1.54, 1.807) is 30.6 Å². The maximum Gasteiger partial charge on any atom is 0.324 e. The topological polar surface area (TPSA) is 67.3 Å². The van der Waals surface area contributed by atoms with Gasteiger partial charge in [0.15, 0.2) is 0 Å². The highest BCUT2D eigenvalue weighted by Crippen LogP contribution is 2.11. The Labute approximate surface area is 156 Å². The number of halogens is 2. The second-order valence-corrected chi connectivity index (χ2v) is 6.60. The number of esters is 1. The molecule has 25 heavy (non-hydrogen) atoms. The Morgan fingerprint density at radius 3 is 2.48 bits per heavy atom. The lowest BCUT2D eigenvalue weighted by atomic mass is 10.2. The van der Waals surface area contributed by atoms with Crippen LogP contribution in [0.5, 0.6) is 0 Å². The molecule has 0 aliphatic carbocycles. The summed E-state index contributed by atoms with van der Waals surface area (Å²) in [7, 11) is 0. The molecule has 0 spiro atoms. The first kappa shape index (κ1) is 18.1. The minimum Gasteiger partial charge on any atom is -0.460 e. The van der Waals surface area contributed by atoms with E-state index in [-0.39, 0.29) is 18.6 Å². The molecule has 0 saturated carbocycles. The fraction of sp³-hybridized carbons (Fsp3) is 0.353. The SMILES string of the molecule is O=C(OCc1ccc(Cl)nc1)[C@@H]1CN(Cc2ccc(Cl)nc2)CCN1. The number of ether oxygens (including phenoxy) is 1. The van der Waals surface area contributed by atoms with Gasteiger partial charge in [0, 0.05) is 44.1 Å². The van der Waals surface area contributed by atoms with Gasteiger partial charge >= 0.3 is 5.97 Å². The second kappa shape index (κ2) is 8.58. The number of hydrogen-bond acceptors (Lipinski definition) is 6. The van der Waals surface area contributed by atoms with E-state index in [1.807, 2.05) is 6.07 Å². The van der Waals surface area contributed by atoms with Crippen LogP contribution in [0.15, 0.2) is 36.7 Å². The Bertz CT molecular complexity index is 710. The van der Waals surface area contributed by atoms with Crippen molar-refractivity contribution in [2.75, 3.05) is 19.6 Å². The van der Waals surface area contributed by atoms with Gasteiger partial charge in [0.2, 0.25) is 0 Å². The third-order valence-electron chi connectivity index (χ3n) is 3.91.